The number of aliphatic hydroxyl groups is 1. The fourth-order valence-electron chi connectivity index (χ4n) is 4.53. The van der Waals surface area contributed by atoms with Gasteiger partial charge in [-0.15, -0.1) is 0 Å². The maximum atomic E-state index is 13.5. The summed E-state index contributed by atoms with van der Waals surface area (Å²) in [6.07, 6.45) is 0. The molecule has 1 aromatic heterocycles. The number of ether oxygens (including phenoxy) is 4. The first kappa shape index (κ1) is 27.0. The highest BCUT2D eigenvalue weighted by molar-refractivity contribution is 7.17. The van der Waals surface area contributed by atoms with Gasteiger partial charge in [0, 0.05) is 5.56 Å². The SMILES string of the molecule is CCOC(=O)c1sc(N2C(=O)C(=O)/C(=C(/O)c3ccc4c(c3)OCCO4)C2c2ccc(O)c(OCC)c2)nc1C. The minimum atomic E-state index is -1.16. The number of aliphatic hydroxyl groups excluding tert-OH is 1. The van der Waals surface area contributed by atoms with Crippen LogP contribution < -0.4 is 19.1 Å². The van der Waals surface area contributed by atoms with E-state index in [1.165, 1.54) is 24.3 Å². The molecule has 208 valence electrons. The van der Waals surface area contributed by atoms with Gasteiger partial charge in [0.15, 0.2) is 28.1 Å². The van der Waals surface area contributed by atoms with E-state index >= 15 is 0 Å². The number of rotatable bonds is 7. The van der Waals surface area contributed by atoms with E-state index < -0.39 is 29.5 Å². The second-order valence-corrected chi connectivity index (χ2v) is 9.80. The Morgan fingerprint density at radius 2 is 1.85 bits per heavy atom. The number of esters is 1. The Labute approximate surface area is 233 Å². The molecule has 1 amide bonds. The molecule has 0 spiro atoms. The Hall–Kier alpha value is -4.58. The van der Waals surface area contributed by atoms with Crippen LogP contribution in [0.4, 0.5) is 5.13 Å². The van der Waals surface area contributed by atoms with Crippen LogP contribution >= 0.6 is 11.3 Å². The number of thiazole rings is 1. The summed E-state index contributed by atoms with van der Waals surface area (Å²) in [7, 11) is 0. The third-order valence-electron chi connectivity index (χ3n) is 6.31. The Kier molecular flexibility index (Phi) is 7.35. The van der Waals surface area contributed by atoms with Crippen LogP contribution in [0.15, 0.2) is 42.0 Å². The van der Waals surface area contributed by atoms with Gasteiger partial charge in [-0.2, -0.15) is 0 Å². The predicted molar refractivity (Wildman–Crippen MR) is 144 cm³/mol. The third-order valence-corrected chi connectivity index (χ3v) is 7.45. The maximum Gasteiger partial charge on any atom is 0.350 e. The number of ketones is 1. The van der Waals surface area contributed by atoms with Crippen LogP contribution in [-0.4, -0.2) is 59.3 Å². The van der Waals surface area contributed by atoms with Crippen LogP contribution in [0, 0.1) is 6.92 Å². The van der Waals surface area contributed by atoms with Crippen molar-refractivity contribution in [3.05, 3.63) is 63.7 Å². The molecule has 5 rings (SSSR count). The number of phenols is 1. The normalized spacial score (nSPS) is 17.7. The summed E-state index contributed by atoms with van der Waals surface area (Å²) in [6.45, 7) is 6.12. The number of phenolic OH excluding ortho intramolecular Hbond substituents is 1. The lowest BCUT2D eigenvalue weighted by Gasteiger charge is -2.24. The van der Waals surface area contributed by atoms with E-state index in [0.29, 0.717) is 36.0 Å². The van der Waals surface area contributed by atoms with Gasteiger partial charge in [0.05, 0.1) is 30.5 Å². The van der Waals surface area contributed by atoms with Crippen molar-refractivity contribution < 1.29 is 43.5 Å². The summed E-state index contributed by atoms with van der Waals surface area (Å²) in [6, 6.07) is 7.93. The monoisotopic (exact) mass is 566 g/mol. The van der Waals surface area contributed by atoms with Crippen molar-refractivity contribution in [2.75, 3.05) is 31.3 Å². The quantitative estimate of drug-likeness (QED) is 0.185. The molecular formula is C28H26N2O9S. The van der Waals surface area contributed by atoms with Crippen molar-refractivity contribution >= 4 is 39.9 Å². The number of benzene rings is 2. The number of amides is 1. The molecule has 2 N–H and O–H groups in total. The lowest BCUT2D eigenvalue weighted by Crippen LogP contribution is -2.29. The van der Waals surface area contributed by atoms with Crippen LogP contribution in [0.3, 0.4) is 0 Å². The van der Waals surface area contributed by atoms with Gasteiger partial charge in [-0.3, -0.25) is 14.5 Å². The van der Waals surface area contributed by atoms with E-state index in [4.69, 9.17) is 18.9 Å². The molecule has 2 aromatic carbocycles. The first-order valence-electron chi connectivity index (χ1n) is 12.6. The van der Waals surface area contributed by atoms with E-state index in [0.717, 1.165) is 16.2 Å². The minimum absolute atomic E-state index is 0.0694. The molecule has 3 aromatic rings. The second kappa shape index (κ2) is 10.9. The average molecular weight is 567 g/mol. The topological polar surface area (TPSA) is 145 Å². The van der Waals surface area contributed by atoms with E-state index in [1.807, 2.05) is 0 Å². The van der Waals surface area contributed by atoms with Crippen molar-refractivity contribution in [3.63, 3.8) is 0 Å². The van der Waals surface area contributed by atoms with E-state index in [1.54, 1.807) is 32.9 Å². The summed E-state index contributed by atoms with van der Waals surface area (Å²) in [4.78, 5) is 45.2. The molecule has 1 saturated heterocycles. The van der Waals surface area contributed by atoms with Crippen molar-refractivity contribution in [1.29, 1.82) is 0 Å². The van der Waals surface area contributed by atoms with Crippen molar-refractivity contribution in [3.8, 4) is 23.0 Å². The molecule has 0 aliphatic carbocycles. The Balaban J connectivity index is 1.69. The molecule has 12 heteroatoms. The number of carbonyl (C=O) groups excluding carboxylic acids is 3. The van der Waals surface area contributed by atoms with Gasteiger partial charge < -0.3 is 29.2 Å². The largest absolute Gasteiger partial charge is 0.507 e. The lowest BCUT2D eigenvalue weighted by molar-refractivity contribution is -0.132. The lowest BCUT2D eigenvalue weighted by atomic mass is 9.95. The zero-order chi connectivity index (χ0) is 28.6. The van der Waals surface area contributed by atoms with Gasteiger partial charge in [-0.05, 0) is 56.7 Å². The van der Waals surface area contributed by atoms with Crippen LogP contribution in [0.2, 0.25) is 0 Å². The minimum Gasteiger partial charge on any atom is -0.507 e. The number of carbonyl (C=O) groups is 3. The molecule has 3 heterocycles. The van der Waals surface area contributed by atoms with Gasteiger partial charge >= 0.3 is 11.9 Å². The standard InChI is InChI=1S/C28H26N2O9S/c1-4-36-19-12-15(6-8-17(19)31)22-21(23(32)16-7-9-18-20(13-16)39-11-10-38-18)24(33)26(34)30(22)28-29-14(3)25(40-28)27(35)37-5-2/h6-9,12-13,22,31-32H,4-5,10-11H2,1-3H3/b23-21+. The number of hydrogen-bond donors (Lipinski definition) is 2. The molecule has 1 unspecified atom stereocenters. The van der Waals surface area contributed by atoms with Crippen LogP contribution in [0.25, 0.3) is 5.76 Å². The Bertz CT molecular complexity index is 1540. The van der Waals surface area contributed by atoms with Crippen molar-refractivity contribution in [2.24, 2.45) is 0 Å². The van der Waals surface area contributed by atoms with E-state index in [-0.39, 0.29) is 45.9 Å². The first-order chi connectivity index (χ1) is 19.2. The zero-order valence-corrected chi connectivity index (χ0v) is 22.7. The summed E-state index contributed by atoms with van der Waals surface area (Å²) in [5, 5.41) is 21.8. The second-order valence-electron chi connectivity index (χ2n) is 8.82. The average Bonchev–Trinajstić information content (AvgIpc) is 3.46. The summed E-state index contributed by atoms with van der Waals surface area (Å²) >= 11 is 0.901. The van der Waals surface area contributed by atoms with Gasteiger partial charge in [0.2, 0.25) is 0 Å². The highest BCUT2D eigenvalue weighted by atomic mass is 32.1. The molecule has 1 atom stereocenters. The fraction of sp³-hybridized carbons (Fsp3) is 0.286. The highest BCUT2D eigenvalue weighted by Crippen LogP contribution is 2.46. The van der Waals surface area contributed by atoms with E-state index in [9.17, 15) is 24.6 Å². The Morgan fingerprint density at radius 1 is 1.10 bits per heavy atom. The van der Waals surface area contributed by atoms with Crippen LogP contribution in [-0.2, 0) is 14.3 Å². The number of aromatic nitrogens is 1. The molecule has 11 nitrogen and oxygen atoms in total. The highest BCUT2D eigenvalue weighted by Gasteiger charge is 2.48. The Morgan fingerprint density at radius 3 is 2.58 bits per heavy atom. The number of aromatic hydroxyl groups is 1. The number of fused-ring (bicyclic) bond motifs is 1. The molecule has 0 saturated carbocycles. The number of nitrogens with zero attached hydrogens (tertiary/aromatic N) is 2. The van der Waals surface area contributed by atoms with Gasteiger partial charge in [-0.1, -0.05) is 17.4 Å². The fourth-order valence-corrected chi connectivity index (χ4v) is 5.52. The van der Waals surface area contributed by atoms with Gasteiger partial charge in [0.1, 0.15) is 23.9 Å². The number of hydrogen-bond acceptors (Lipinski definition) is 11. The summed E-state index contributed by atoms with van der Waals surface area (Å²) < 4.78 is 21.8. The number of Topliss-reactive ketones (excluding diaryl/α,β-unsaturated/α-hetero) is 1. The van der Waals surface area contributed by atoms with Crippen molar-refractivity contribution in [1.82, 2.24) is 4.98 Å². The third kappa shape index (κ3) is 4.70. The van der Waals surface area contributed by atoms with E-state index in [2.05, 4.69) is 4.98 Å². The molecule has 0 bridgehead atoms. The molecule has 2 aliphatic heterocycles. The molecule has 40 heavy (non-hydrogen) atoms. The maximum absolute atomic E-state index is 13.5. The predicted octanol–water partition coefficient (Wildman–Crippen LogP) is 4.13. The molecular weight excluding hydrogens is 540 g/mol. The van der Waals surface area contributed by atoms with Crippen LogP contribution in [0.1, 0.15) is 46.4 Å². The van der Waals surface area contributed by atoms with Crippen LogP contribution in [0.5, 0.6) is 23.0 Å². The van der Waals surface area contributed by atoms with Gasteiger partial charge in [-0.25, -0.2) is 9.78 Å². The first-order valence-corrected chi connectivity index (χ1v) is 13.4. The molecule has 2 aliphatic rings. The van der Waals surface area contributed by atoms with Gasteiger partial charge in [0.25, 0.3) is 5.78 Å². The smallest absolute Gasteiger partial charge is 0.350 e. The summed E-state index contributed by atoms with van der Waals surface area (Å²) in [5.74, 6) is -2.06. The number of anilines is 1. The zero-order valence-electron chi connectivity index (χ0n) is 21.9. The van der Waals surface area contributed by atoms with Crippen molar-refractivity contribution in [2.45, 2.75) is 26.8 Å². The summed E-state index contributed by atoms with van der Waals surface area (Å²) in [5.41, 5.74) is 0.718. The number of aryl methyl sites for hydroxylation is 1. The molecule has 1 fully saturated rings. The molecule has 0 radical (unpaired) electrons.